The van der Waals surface area contributed by atoms with Crippen molar-refractivity contribution in [3.8, 4) is 56.2 Å². The molecule has 1 aliphatic carbocycles. The molecule has 54 heavy (non-hydrogen) atoms. The van der Waals surface area contributed by atoms with E-state index in [1.807, 2.05) is 30.0 Å². The molecule has 0 N–H and O–H groups in total. The zero-order valence-electron chi connectivity index (χ0n) is 29.3. The molecule has 8 aromatic carbocycles. The molecule has 0 atom stereocenters. The fourth-order valence-electron chi connectivity index (χ4n) is 8.87. The van der Waals surface area contributed by atoms with E-state index < -0.39 is 5.41 Å². The lowest BCUT2D eigenvalue weighted by Gasteiger charge is -2.39. The lowest BCUT2D eigenvalue weighted by molar-refractivity contribution is 0.722. The van der Waals surface area contributed by atoms with E-state index in [4.69, 9.17) is 9.97 Å². The molecule has 0 bridgehead atoms. The van der Waals surface area contributed by atoms with Gasteiger partial charge in [-0.3, -0.25) is 0 Å². The molecule has 0 amide bonds. The van der Waals surface area contributed by atoms with Crippen LogP contribution in [0.2, 0.25) is 0 Å². The minimum Gasteiger partial charge on any atom is -0.228 e. The molecule has 0 unspecified atom stereocenters. The van der Waals surface area contributed by atoms with Gasteiger partial charge >= 0.3 is 0 Å². The van der Waals surface area contributed by atoms with Crippen molar-refractivity contribution in [2.75, 3.05) is 0 Å². The Kier molecular flexibility index (Phi) is 7.05. The maximum absolute atomic E-state index is 5.27. The minimum absolute atomic E-state index is 0.396. The predicted octanol–water partition coefficient (Wildman–Crippen LogP) is 13.1. The third kappa shape index (κ3) is 4.62. The number of fused-ring (bicyclic) bond motifs is 10. The highest BCUT2D eigenvalue weighted by atomic mass is 32.2. The Balaban J connectivity index is 1.12. The maximum atomic E-state index is 5.27. The Hall–Kier alpha value is -6.55. The molecule has 3 heteroatoms. The van der Waals surface area contributed by atoms with E-state index in [0.29, 0.717) is 5.82 Å². The van der Waals surface area contributed by atoms with Gasteiger partial charge in [-0.25, -0.2) is 9.97 Å². The van der Waals surface area contributed by atoms with Crippen LogP contribution in [-0.4, -0.2) is 9.97 Å². The van der Waals surface area contributed by atoms with Crippen molar-refractivity contribution >= 4 is 22.5 Å². The van der Waals surface area contributed by atoms with Gasteiger partial charge in [-0.05, 0) is 73.5 Å². The smallest absolute Gasteiger partial charge is 0.160 e. The molecular weight excluding hydrogens is 673 g/mol. The predicted molar refractivity (Wildman–Crippen MR) is 223 cm³/mol. The topological polar surface area (TPSA) is 25.8 Å². The largest absolute Gasteiger partial charge is 0.228 e. The molecule has 2 nitrogen and oxygen atoms in total. The molecule has 0 fully saturated rings. The van der Waals surface area contributed by atoms with Crippen LogP contribution in [0.4, 0.5) is 0 Å². The summed E-state index contributed by atoms with van der Waals surface area (Å²) in [4.78, 5) is 13.0. The number of benzene rings is 8. The number of hydrogen-bond donors (Lipinski definition) is 0. The second-order valence-corrected chi connectivity index (χ2v) is 15.1. The molecule has 1 aromatic heterocycles. The van der Waals surface area contributed by atoms with Crippen LogP contribution in [-0.2, 0) is 5.41 Å². The van der Waals surface area contributed by atoms with Crippen LogP contribution in [0, 0.1) is 0 Å². The molecule has 2 heterocycles. The Bertz CT molecular complexity index is 2880. The maximum Gasteiger partial charge on any atom is 0.160 e. The Morgan fingerprint density at radius 3 is 1.69 bits per heavy atom. The lowest BCUT2D eigenvalue weighted by atomic mass is 9.67. The summed E-state index contributed by atoms with van der Waals surface area (Å²) in [6.45, 7) is 0. The Morgan fingerprint density at radius 2 is 0.907 bits per heavy atom. The molecule has 0 radical (unpaired) electrons. The second-order valence-electron chi connectivity index (χ2n) is 14.1. The van der Waals surface area contributed by atoms with Crippen LogP contribution >= 0.6 is 11.8 Å². The average molecular weight is 705 g/mol. The van der Waals surface area contributed by atoms with Gasteiger partial charge in [-0.15, -0.1) is 0 Å². The fraction of sp³-hybridized carbons (Fsp3) is 0.0196. The summed E-state index contributed by atoms with van der Waals surface area (Å²) in [5, 5.41) is 2.36. The molecular formula is C51H32N2S. The van der Waals surface area contributed by atoms with Crippen LogP contribution < -0.4 is 0 Å². The standard InChI is InChI=1S/C51H32N2S/c1-2-16-34(17-3-1)50-52-46(32-47(53-50)41-24-14-18-33-15-4-5-19-36(33)41)40-23-7-6-20-37(40)35-29-30-45-49(31-35)54-48-28-13-12-27-44(48)51(45)42-25-10-8-21-38(42)39-22-9-11-26-43(39)51/h1-32H. The van der Waals surface area contributed by atoms with E-state index in [9.17, 15) is 0 Å². The van der Waals surface area contributed by atoms with Gasteiger partial charge in [-0.2, -0.15) is 0 Å². The Labute approximate surface area is 318 Å². The Morgan fingerprint density at radius 1 is 0.352 bits per heavy atom. The van der Waals surface area contributed by atoms with Crippen molar-refractivity contribution in [1.29, 1.82) is 0 Å². The van der Waals surface area contributed by atoms with Gasteiger partial charge in [0.05, 0.1) is 16.8 Å². The highest BCUT2D eigenvalue weighted by Crippen LogP contribution is 2.62. The highest BCUT2D eigenvalue weighted by molar-refractivity contribution is 7.99. The van der Waals surface area contributed by atoms with E-state index in [1.165, 1.54) is 53.9 Å². The van der Waals surface area contributed by atoms with Crippen LogP contribution in [0.25, 0.3) is 66.9 Å². The quantitative estimate of drug-likeness (QED) is 0.182. The summed E-state index contributed by atoms with van der Waals surface area (Å²) in [6, 6.07) is 70.2. The summed E-state index contributed by atoms with van der Waals surface area (Å²) in [6.07, 6.45) is 0. The van der Waals surface area contributed by atoms with Crippen molar-refractivity contribution in [2.24, 2.45) is 0 Å². The van der Waals surface area contributed by atoms with Gasteiger partial charge in [0.1, 0.15) is 0 Å². The third-order valence-corrected chi connectivity index (χ3v) is 12.3. The van der Waals surface area contributed by atoms with Crippen LogP contribution in [0.1, 0.15) is 22.3 Å². The van der Waals surface area contributed by atoms with Crippen molar-refractivity contribution in [2.45, 2.75) is 15.2 Å². The monoisotopic (exact) mass is 704 g/mol. The van der Waals surface area contributed by atoms with Gasteiger partial charge in [-0.1, -0.05) is 188 Å². The number of nitrogens with zero attached hydrogens (tertiary/aromatic N) is 2. The number of hydrogen-bond acceptors (Lipinski definition) is 3. The molecule has 9 aromatic rings. The first kappa shape index (κ1) is 31.0. The van der Waals surface area contributed by atoms with Crippen molar-refractivity contribution in [1.82, 2.24) is 9.97 Å². The zero-order valence-corrected chi connectivity index (χ0v) is 30.1. The van der Waals surface area contributed by atoms with Crippen LogP contribution in [0.15, 0.2) is 204 Å². The number of rotatable bonds is 4. The zero-order chi connectivity index (χ0) is 35.6. The lowest BCUT2D eigenvalue weighted by Crippen LogP contribution is -2.31. The SMILES string of the molecule is c1ccc(-c2nc(-c3ccccc3-c3ccc4c(c3)Sc3ccccc3C43c4ccccc4-c4ccccc43)cc(-c3cccc4ccccc34)n2)cc1. The minimum atomic E-state index is -0.396. The molecule has 252 valence electrons. The number of aromatic nitrogens is 2. The second kappa shape index (κ2) is 12.3. The summed E-state index contributed by atoms with van der Waals surface area (Å²) in [5.41, 5.74) is 14.9. The summed E-state index contributed by atoms with van der Waals surface area (Å²) in [5.74, 6) is 0.712. The first-order chi connectivity index (χ1) is 26.8. The normalized spacial score (nSPS) is 13.3. The molecule has 11 rings (SSSR count). The van der Waals surface area contributed by atoms with Gasteiger partial charge in [0.15, 0.2) is 5.82 Å². The van der Waals surface area contributed by atoms with E-state index in [2.05, 4.69) is 176 Å². The van der Waals surface area contributed by atoms with E-state index in [-0.39, 0.29) is 0 Å². The average Bonchev–Trinajstić information content (AvgIpc) is 3.54. The summed E-state index contributed by atoms with van der Waals surface area (Å²) < 4.78 is 0. The van der Waals surface area contributed by atoms with Crippen molar-refractivity contribution in [3.63, 3.8) is 0 Å². The van der Waals surface area contributed by atoms with Crippen LogP contribution in [0.3, 0.4) is 0 Å². The molecule has 0 saturated heterocycles. The first-order valence-electron chi connectivity index (χ1n) is 18.4. The van der Waals surface area contributed by atoms with E-state index in [0.717, 1.165) is 39.2 Å². The highest BCUT2D eigenvalue weighted by Gasteiger charge is 2.50. The van der Waals surface area contributed by atoms with Gasteiger partial charge in [0, 0.05) is 26.5 Å². The van der Waals surface area contributed by atoms with E-state index >= 15 is 0 Å². The van der Waals surface area contributed by atoms with Gasteiger partial charge in [0.25, 0.3) is 0 Å². The van der Waals surface area contributed by atoms with Crippen molar-refractivity contribution in [3.05, 3.63) is 216 Å². The summed E-state index contributed by atoms with van der Waals surface area (Å²) in [7, 11) is 0. The molecule has 1 aliphatic heterocycles. The molecule has 0 saturated carbocycles. The summed E-state index contributed by atoms with van der Waals surface area (Å²) >= 11 is 1.88. The van der Waals surface area contributed by atoms with E-state index in [1.54, 1.807) is 0 Å². The van der Waals surface area contributed by atoms with Crippen LogP contribution in [0.5, 0.6) is 0 Å². The first-order valence-corrected chi connectivity index (χ1v) is 19.2. The fourth-order valence-corrected chi connectivity index (χ4v) is 10.1. The third-order valence-electron chi connectivity index (χ3n) is 11.2. The molecule has 2 aliphatic rings. The van der Waals surface area contributed by atoms with Gasteiger partial charge in [0.2, 0.25) is 0 Å². The van der Waals surface area contributed by atoms with Gasteiger partial charge < -0.3 is 0 Å². The van der Waals surface area contributed by atoms with Crippen molar-refractivity contribution < 1.29 is 0 Å². The molecule has 1 spiro atoms.